The van der Waals surface area contributed by atoms with Crippen LogP contribution < -0.4 is 10.7 Å². The molecule has 1 heterocycles. The molecule has 0 radical (unpaired) electrons. The Kier molecular flexibility index (Phi) is 5.73. The third-order valence-electron chi connectivity index (χ3n) is 3.75. The minimum Gasteiger partial charge on any atom is -0.321 e. The lowest BCUT2D eigenvalue weighted by atomic mass is 10.1. The molecule has 0 spiro atoms. The Balaban J connectivity index is 1.64. The molecule has 0 saturated heterocycles. The molecule has 0 aliphatic carbocycles. The van der Waals surface area contributed by atoms with Crippen molar-refractivity contribution >= 4 is 34.6 Å². The zero-order chi connectivity index (χ0) is 19.2. The molecule has 136 valence electrons. The van der Waals surface area contributed by atoms with E-state index < -0.39 is 11.7 Å². The quantitative estimate of drug-likeness (QED) is 0.511. The number of rotatable bonds is 5. The molecule has 3 aromatic rings. The number of thiophene rings is 1. The Morgan fingerprint density at radius 3 is 2.37 bits per heavy atom. The molecule has 7 heteroatoms. The third-order valence-corrected chi connectivity index (χ3v) is 4.62. The molecular weight excluding hydrogens is 365 g/mol. The van der Waals surface area contributed by atoms with Crippen molar-refractivity contribution in [3.05, 3.63) is 87.9 Å². The first-order valence-corrected chi connectivity index (χ1v) is 8.97. The summed E-state index contributed by atoms with van der Waals surface area (Å²) in [7, 11) is 0. The van der Waals surface area contributed by atoms with E-state index in [1.54, 1.807) is 43.3 Å². The lowest BCUT2D eigenvalue weighted by molar-refractivity contribution is 0.0950. The lowest BCUT2D eigenvalue weighted by Gasteiger charge is -2.06. The van der Waals surface area contributed by atoms with Crippen LogP contribution in [0.25, 0.3) is 0 Å². The summed E-state index contributed by atoms with van der Waals surface area (Å²) >= 11 is 1.37. The number of hydrogen-bond donors (Lipinski definition) is 2. The summed E-state index contributed by atoms with van der Waals surface area (Å²) < 4.78 is 13.6. The van der Waals surface area contributed by atoms with Crippen molar-refractivity contribution < 1.29 is 14.0 Å². The fraction of sp³-hybridized carbons (Fsp3) is 0.0500. The Bertz CT molecular complexity index is 983. The van der Waals surface area contributed by atoms with Crippen molar-refractivity contribution in [1.82, 2.24) is 5.43 Å². The van der Waals surface area contributed by atoms with Gasteiger partial charge in [0.15, 0.2) is 0 Å². The van der Waals surface area contributed by atoms with Gasteiger partial charge in [0.05, 0.1) is 16.2 Å². The molecule has 0 aliphatic rings. The molecule has 0 atom stereocenters. The van der Waals surface area contributed by atoms with Gasteiger partial charge in [0.2, 0.25) is 0 Å². The van der Waals surface area contributed by atoms with Crippen molar-refractivity contribution in [2.45, 2.75) is 6.92 Å². The van der Waals surface area contributed by atoms with E-state index in [0.29, 0.717) is 16.3 Å². The van der Waals surface area contributed by atoms with Gasteiger partial charge in [0.1, 0.15) is 5.82 Å². The molecule has 0 fully saturated rings. The molecule has 27 heavy (non-hydrogen) atoms. The van der Waals surface area contributed by atoms with Crippen molar-refractivity contribution in [2.24, 2.45) is 5.10 Å². The average Bonchev–Trinajstić information content (AvgIpc) is 3.22. The van der Waals surface area contributed by atoms with E-state index in [4.69, 9.17) is 0 Å². The molecule has 3 rings (SSSR count). The number of hydrazone groups is 1. The second kappa shape index (κ2) is 8.37. The molecular formula is C20H16FN3O2S. The van der Waals surface area contributed by atoms with Gasteiger partial charge in [-0.15, -0.1) is 11.3 Å². The second-order valence-electron chi connectivity index (χ2n) is 5.63. The molecule has 2 N–H and O–H groups in total. The zero-order valence-corrected chi connectivity index (χ0v) is 15.2. The average molecular weight is 381 g/mol. The van der Waals surface area contributed by atoms with Gasteiger partial charge in [-0.1, -0.05) is 30.3 Å². The van der Waals surface area contributed by atoms with Crippen LogP contribution in [0.4, 0.5) is 10.1 Å². The van der Waals surface area contributed by atoms with Gasteiger partial charge in [-0.2, -0.15) is 5.10 Å². The molecule has 0 saturated carbocycles. The molecule has 2 amide bonds. The van der Waals surface area contributed by atoms with Crippen molar-refractivity contribution in [3.8, 4) is 0 Å². The number of carbonyl (C=O) groups excluding carboxylic acids is 2. The van der Waals surface area contributed by atoms with Crippen LogP contribution in [0.1, 0.15) is 32.5 Å². The van der Waals surface area contributed by atoms with E-state index in [-0.39, 0.29) is 11.5 Å². The lowest BCUT2D eigenvalue weighted by Crippen LogP contribution is -2.20. The number of carbonyl (C=O) groups is 2. The van der Waals surface area contributed by atoms with Gasteiger partial charge in [0, 0.05) is 5.69 Å². The minimum absolute atomic E-state index is 0.0688. The summed E-state index contributed by atoms with van der Waals surface area (Å²) in [6.07, 6.45) is 0. The van der Waals surface area contributed by atoms with E-state index in [2.05, 4.69) is 15.8 Å². The summed E-state index contributed by atoms with van der Waals surface area (Å²) in [5, 5.41) is 8.66. The van der Waals surface area contributed by atoms with Crippen LogP contribution in [-0.4, -0.2) is 17.5 Å². The van der Waals surface area contributed by atoms with Gasteiger partial charge >= 0.3 is 0 Å². The predicted octanol–water partition coefficient (Wildman–Crippen LogP) is 4.29. The highest BCUT2D eigenvalue weighted by Gasteiger charge is 2.10. The van der Waals surface area contributed by atoms with Crippen LogP contribution in [0.3, 0.4) is 0 Å². The fourth-order valence-corrected chi connectivity index (χ4v) is 2.92. The normalized spacial score (nSPS) is 11.1. The number of benzene rings is 2. The topological polar surface area (TPSA) is 70.6 Å². The summed E-state index contributed by atoms with van der Waals surface area (Å²) in [5.41, 5.74) is 4.24. The largest absolute Gasteiger partial charge is 0.321 e. The predicted molar refractivity (Wildman–Crippen MR) is 105 cm³/mol. The summed E-state index contributed by atoms with van der Waals surface area (Å²) in [6, 6.07) is 16.3. The van der Waals surface area contributed by atoms with Gasteiger partial charge in [0.25, 0.3) is 11.8 Å². The molecule has 0 bridgehead atoms. The number of nitrogens with zero attached hydrogens (tertiary/aromatic N) is 1. The van der Waals surface area contributed by atoms with Crippen LogP contribution in [-0.2, 0) is 0 Å². The standard InChI is InChI=1S/C20H16FN3O2S/c1-13(23-24-19(25)16-5-2-3-6-17(16)21)14-8-10-15(11-9-14)22-20(26)18-7-4-12-27-18/h2-12H,1H3,(H,22,26)(H,24,25). The summed E-state index contributed by atoms with van der Waals surface area (Å²) in [6.45, 7) is 1.72. The van der Waals surface area contributed by atoms with Gasteiger partial charge in [-0.3, -0.25) is 9.59 Å². The van der Waals surface area contributed by atoms with Crippen LogP contribution in [0.5, 0.6) is 0 Å². The zero-order valence-electron chi connectivity index (χ0n) is 14.4. The van der Waals surface area contributed by atoms with Gasteiger partial charge in [-0.05, 0) is 48.2 Å². The monoisotopic (exact) mass is 381 g/mol. The Morgan fingerprint density at radius 2 is 1.70 bits per heavy atom. The van der Waals surface area contributed by atoms with E-state index in [1.165, 1.54) is 29.5 Å². The van der Waals surface area contributed by atoms with Crippen LogP contribution >= 0.6 is 11.3 Å². The third kappa shape index (κ3) is 4.65. The van der Waals surface area contributed by atoms with E-state index in [1.807, 2.05) is 11.4 Å². The number of amides is 2. The molecule has 5 nitrogen and oxygen atoms in total. The number of halogens is 1. The van der Waals surface area contributed by atoms with Crippen molar-refractivity contribution in [1.29, 1.82) is 0 Å². The highest BCUT2D eigenvalue weighted by molar-refractivity contribution is 7.12. The summed E-state index contributed by atoms with van der Waals surface area (Å²) in [4.78, 5) is 24.6. The smallest absolute Gasteiger partial charge is 0.274 e. The maximum Gasteiger partial charge on any atom is 0.274 e. The van der Waals surface area contributed by atoms with Gasteiger partial charge in [-0.25, -0.2) is 9.82 Å². The van der Waals surface area contributed by atoms with Gasteiger partial charge < -0.3 is 5.32 Å². The Hall–Kier alpha value is -3.32. The number of hydrogen-bond acceptors (Lipinski definition) is 4. The van der Waals surface area contributed by atoms with E-state index in [0.717, 1.165) is 5.56 Å². The highest BCUT2D eigenvalue weighted by atomic mass is 32.1. The minimum atomic E-state index is -0.618. The SMILES string of the molecule is CC(=NNC(=O)c1ccccc1F)c1ccc(NC(=O)c2cccs2)cc1. The fourth-order valence-electron chi connectivity index (χ4n) is 2.30. The molecule has 1 aromatic heterocycles. The number of nitrogens with one attached hydrogen (secondary N) is 2. The van der Waals surface area contributed by atoms with Crippen LogP contribution in [0, 0.1) is 5.82 Å². The van der Waals surface area contributed by atoms with Crippen LogP contribution in [0.2, 0.25) is 0 Å². The maximum atomic E-state index is 13.6. The van der Waals surface area contributed by atoms with E-state index >= 15 is 0 Å². The van der Waals surface area contributed by atoms with Crippen molar-refractivity contribution in [3.63, 3.8) is 0 Å². The van der Waals surface area contributed by atoms with Crippen molar-refractivity contribution in [2.75, 3.05) is 5.32 Å². The first-order valence-electron chi connectivity index (χ1n) is 8.09. The molecule has 0 unspecified atom stereocenters. The number of anilines is 1. The molecule has 2 aromatic carbocycles. The molecule has 0 aliphatic heterocycles. The first kappa shape index (κ1) is 18.5. The van der Waals surface area contributed by atoms with Crippen LogP contribution in [0.15, 0.2) is 71.1 Å². The van der Waals surface area contributed by atoms with E-state index in [9.17, 15) is 14.0 Å². The maximum absolute atomic E-state index is 13.6. The Morgan fingerprint density at radius 1 is 0.963 bits per heavy atom. The second-order valence-corrected chi connectivity index (χ2v) is 6.57. The Labute approximate surface area is 159 Å². The highest BCUT2D eigenvalue weighted by Crippen LogP contribution is 2.14. The first-order chi connectivity index (χ1) is 13.0. The summed E-state index contributed by atoms with van der Waals surface area (Å²) in [5.74, 6) is -1.39.